The second-order valence-corrected chi connectivity index (χ2v) is 5.17. The molecule has 9 heteroatoms. The molecule has 0 spiro atoms. The minimum Gasteiger partial charge on any atom is -0.467 e. The van der Waals surface area contributed by atoms with Crippen molar-refractivity contribution in [3.63, 3.8) is 0 Å². The number of aromatic nitrogens is 2. The number of aromatic amines is 1. The smallest absolute Gasteiger partial charge is 0.333 e. The predicted molar refractivity (Wildman–Crippen MR) is 81.0 cm³/mol. The number of nitrogens with one attached hydrogen (secondary N) is 3. The van der Waals surface area contributed by atoms with Gasteiger partial charge in [-0.25, -0.2) is 4.79 Å². The summed E-state index contributed by atoms with van der Waals surface area (Å²) in [4.78, 5) is 24.3. The largest absolute Gasteiger partial charge is 0.467 e. The van der Waals surface area contributed by atoms with Crippen LogP contribution >= 0.6 is 12.4 Å². The fourth-order valence-corrected chi connectivity index (χ4v) is 2.38. The zero-order chi connectivity index (χ0) is 15.5. The molecule has 0 fully saturated rings. The Hall–Kier alpha value is -1.64. The van der Waals surface area contributed by atoms with Crippen LogP contribution in [0.5, 0.6) is 0 Å². The number of fused-ring (bicyclic) bond motifs is 1. The third-order valence-corrected chi connectivity index (χ3v) is 3.48. The first-order valence-electron chi connectivity index (χ1n) is 6.68. The molecular weight excluding hydrogens is 312 g/mol. The van der Waals surface area contributed by atoms with E-state index in [-0.39, 0.29) is 19.0 Å². The number of carbonyl (C=O) groups excluding carboxylic acids is 2. The van der Waals surface area contributed by atoms with Crippen LogP contribution in [0.15, 0.2) is 0 Å². The maximum Gasteiger partial charge on any atom is 0.333 e. The van der Waals surface area contributed by atoms with Crippen LogP contribution in [0.25, 0.3) is 0 Å². The van der Waals surface area contributed by atoms with Gasteiger partial charge < -0.3 is 20.1 Å². The van der Waals surface area contributed by atoms with Crippen molar-refractivity contribution in [1.29, 1.82) is 0 Å². The SMILES string of the molecule is COCC(C)(NC(=O)c1n[nH]c2c1CNCC2)C(=O)OC.Cl. The van der Waals surface area contributed by atoms with Crippen LogP contribution in [0.2, 0.25) is 0 Å². The van der Waals surface area contributed by atoms with Gasteiger partial charge in [0.15, 0.2) is 11.2 Å². The molecule has 0 aromatic carbocycles. The number of halogens is 1. The number of rotatable bonds is 5. The van der Waals surface area contributed by atoms with E-state index in [4.69, 9.17) is 9.47 Å². The van der Waals surface area contributed by atoms with Gasteiger partial charge in [-0.3, -0.25) is 9.89 Å². The van der Waals surface area contributed by atoms with Crippen molar-refractivity contribution < 1.29 is 19.1 Å². The first kappa shape index (κ1) is 18.4. The molecule has 8 nitrogen and oxygen atoms in total. The van der Waals surface area contributed by atoms with Gasteiger partial charge in [-0.2, -0.15) is 5.10 Å². The fraction of sp³-hybridized carbons (Fsp3) is 0.615. The molecule has 1 aliphatic heterocycles. The Morgan fingerprint density at radius 2 is 2.14 bits per heavy atom. The summed E-state index contributed by atoms with van der Waals surface area (Å²) in [6, 6.07) is 0. The van der Waals surface area contributed by atoms with Gasteiger partial charge in [0.25, 0.3) is 5.91 Å². The van der Waals surface area contributed by atoms with E-state index in [1.54, 1.807) is 6.92 Å². The molecule has 22 heavy (non-hydrogen) atoms. The molecule has 0 radical (unpaired) electrons. The quantitative estimate of drug-likeness (QED) is 0.644. The molecule has 0 aliphatic carbocycles. The molecule has 2 heterocycles. The van der Waals surface area contributed by atoms with Gasteiger partial charge in [0.2, 0.25) is 0 Å². The highest BCUT2D eigenvalue weighted by molar-refractivity contribution is 5.98. The van der Waals surface area contributed by atoms with Crippen molar-refractivity contribution in [3.05, 3.63) is 17.0 Å². The maximum absolute atomic E-state index is 12.4. The molecule has 124 valence electrons. The predicted octanol–water partition coefficient (Wildman–Crippen LogP) is -0.215. The second-order valence-electron chi connectivity index (χ2n) is 5.17. The highest BCUT2D eigenvalue weighted by Crippen LogP contribution is 2.16. The van der Waals surface area contributed by atoms with Crippen LogP contribution in [0.1, 0.15) is 28.7 Å². The van der Waals surface area contributed by atoms with Crippen molar-refractivity contribution in [1.82, 2.24) is 20.8 Å². The lowest BCUT2D eigenvalue weighted by atomic mass is 10.0. The van der Waals surface area contributed by atoms with E-state index < -0.39 is 17.4 Å². The molecule has 0 saturated heterocycles. The van der Waals surface area contributed by atoms with Gasteiger partial charge in [-0.1, -0.05) is 0 Å². The summed E-state index contributed by atoms with van der Waals surface area (Å²) in [5.74, 6) is -0.999. The lowest BCUT2D eigenvalue weighted by Crippen LogP contribution is -2.56. The van der Waals surface area contributed by atoms with Gasteiger partial charge >= 0.3 is 5.97 Å². The lowest BCUT2D eigenvalue weighted by molar-refractivity contribution is -0.149. The highest BCUT2D eigenvalue weighted by atomic mass is 35.5. The summed E-state index contributed by atoms with van der Waals surface area (Å²) in [6.07, 6.45) is 0.794. The minimum atomic E-state index is -1.26. The molecule has 1 aliphatic rings. The number of hydrogen-bond donors (Lipinski definition) is 3. The molecule has 1 aromatic rings. The third kappa shape index (κ3) is 3.57. The van der Waals surface area contributed by atoms with E-state index in [1.807, 2.05) is 0 Å². The Morgan fingerprint density at radius 3 is 2.77 bits per heavy atom. The topological polar surface area (TPSA) is 105 Å². The van der Waals surface area contributed by atoms with Crippen LogP contribution in [-0.2, 0) is 27.2 Å². The molecule has 0 saturated carbocycles. The summed E-state index contributed by atoms with van der Waals surface area (Å²) < 4.78 is 9.73. The van der Waals surface area contributed by atoms with Gasteiger partial charge in [0, 0.05) is 37.9 Å². The van der Waals surface area contributed by atoms with Crippen molar-refractivity contribution in [2.75, 3.05) is 27.4 Å². The monoisotopic (exact) mass is 332 g/mol. The van der Waals surface area contributed by atoms with E-state index in [2.05, 4.69) is 20.8 Å². The average molecular weight is 333 g/mol. The van der Waals surface area contributed by atoms with Crippen LogP contribution in [-0.4, -0.2) is 55.0 Å². The number of H-pyrrole nitrogens is 1. The van der Waals surface area contributed by atoms with Crippen molar-refractivity contribution in [2.45, 2.75) is 25.4 Å². The van der Waals surface area contributed by atoms with Crippen LogP contribution < -0.4 is 10.6 Å². The van der Waals surface area contributed by atoms with E-state index in [1.165, 1.54) is 14.2 Å². The molecule has 3 N–H and O–H groups in total. The van der Waals surface area contributed by atoms with Crippen molar-refractivity contribution in [2.24, 2.45) is 0 Å². The van der Waals surface area contributed by atoms with E-state index >= 15 is 0 Å². The summed E-state index contributed by atoms with van der Waals surface area (Å²) in [6.45, 7) is 2.99. The van der Waals surface area contributed by atoms with Gasteiger partial charge in [-0.15, -0.1) is 12.4 Å². The van der Waals surface area contributed by atoms with Crippen molar-refractivity contribution in [3.8, 4) is 0 Å². The highest BCUT2D eigenvalue weighted by Gasteiger charge is 2.37. The molecule has 1 unspecified atom stereocenters. The summed E-state index contributed by atoms with van der Waals surface area (Å²) in [5.41, 5.74) is 0.825. The van der Waals surface area contributed by atoms with Crippen LogP contribution in [0.4, 0.5) is 0 Å². The van der Waals surface area contributed by atoms with E-state index in [0.29, 0.717) is 12.2 Å². The Balaban J connectivity index is 0.00000242. The Kier molecular flexibility index (Phi) is 6.34. The van der Waals surface area contributed by atoms with Crippen molar-refractivity contribution >= 4 is 24.3 Å². The number of esters is 1. The first-order chi connectivity index (χ1) is 10.0. The number of hydrogen-bond acceptors (Lipinski definition) is 6. The minimum absolute atomic E-state index is 0. The Morgan fingerprint density at radius 1 is 1.41 bits per heavy atom. The maximum atomic E-state index is 12.4. The van der Waals surface area contributed by atoms with Gasteiger partial charge in [0.05, 0.1) is 13.7 Å². The Labute approximate surface area is 134 Å². The summed E-state index contributed by atoms with van der Waals surface area (Å²) >= 11 is 0. The number of nitrogens with zero attached hydrogens (tertiary/aromatic N) is 1. The van der Waals surface area contributed by atoms with E-state index in [9.17, 15) is 9.59 Å². The molecule has 2 rings (SSSR count). The number of ether oxygens (including phenoxy) is 2. The molecule has 0 bridgehead atoms. The second kappa shape index (κ2) is 7.57. The Bertz CT molecular complexity index is 548. The number of carbonyl (C=O) groups is 2. The summed E-state index contributed by atoms with van der Waals surface area (Å²) in [7, 11) is 2.72. The average Bonchev–Trinajstić information content (AvgIpc) is 2.90. The van der Waals surface area contributed by atoms with Crippen LogP contribution in [0, 0.1) is 0 Å². The van der Waals surface area contributed by atoms with E-state index in [0.717, 1.165) is 24.2 Å². The number of amides is 1. The normalized spacial score (nSPS) is 16.0. The van der Waals surface area contributed by atoms with Crippen LogP contribution in [0.3, 0.4) is 0 Å². The zero-order valence-electron chi connectivity index (χ0n) is 12.8. The molecule has 1 aromatic heterocycles. The lowest BCUT2D eigenvalue weighted by Gasteiger charge is -2.26. The number of methoxy groups -OCH3 is 2. The fourth-order valence-electron chi connectivity index (χ4n) is 2.38. The standard InChI is InChI=1S/C13H20N4O4.ClH/c1-13(7-20-2,12(19)21-3)15-11(18)10-8-6-14-5-4-9(8)16-17-10;/h14H,4-7H2,1-3H3,(H,15,18)(H,16,17);1H. The molecule has 1 amide bonds. The van der Waals surface area contributed by atoms with Gasteiger partial charge in [-0.05, 0) is 6.92 Å². The molecule has 1 atom stereocenters. The third-order valence-electron chi connectivity index (χ3n) is 3.48. The first-order valence-corrected chi connectivity index (χ1v) is 6.68. The molecular formula is C13H21ClN4O4. The summed E-state index contributed by atoms with van der Waals surface area (Å²) in [5, 5.41) is 12.8. The van der Waals surface area contributed by atoms with Gasteiger partial charge in [0.1, 0.15) is 0 Å². The zero-order valence-corrected chi connectivity index (χ0v) is 13.6.